The summed E-state index contributed by atoms with van der Waals surface area (Å²) in [5, 5.41) is 3.41. The van der Waals surface area contributed by atoms with Crippen molar-refractivity contribution in [2.75, 3.05) is 13.2 Å². The van der Waals surface area contributed by atoms with Gasteiger partial charge in [-0.15, -0.1) is 0 Å². The molecule has 2 atom stereocenters. The zero-order chi connectivity index (χ0) is 14.6. The van der Waals surface area contributed by atoms with E-state index in [1.165, 1.54) is 5.56 Å². The summed E-state index contributed by atoms with van der Waals surface area (Å²) in [7, 11) is 0. The minimum atomic E-state index is 0.0130. The van der Waals surface area contributed by atoms with Gasteiger partial charge < -0.3 is 14.8 Å². The third kappa shape index (κ3) is 4.22. The fourth-order valence-corrected chi connectivity index (χ4v) is 2.66. The summed E-state index contributed by atoms with van der Waals surface area (Å²) in [5.41, 5.74) is 1.30. The molecule has 112 valence electrons. The van der Waals surface area contributed by atoms with Crippen molar-refractivity contribution in [3.63, 3.8) is 0 Å². The summed E-state index contributed by atoms with van der Waals surface area (Å²) in [4.78, 5) is 0. The van der Waals surface area contributed by atoms with Gasteiger partial charge in [0.2, 0.25) is 0 Å². The average Bonchev–Trinajstić information content (AvgIpc) is 2.77. The number of rotatable bonds is 6. The van der Waals surface area contributed by atoms with Crippen molar-refractivity contribution in [3.05, 3.63) is 29.8 Å². The van der Waals surface area contributed by atoms with Gasteiger partial charge in [0.05, 0.1) is 11.7 Å². The Kier molecular flexibility index (Phi) is 5.06. The number of ether oxygens (including phenoxy) is 2. The highest BCUT2D eigenvalue weighted by molar-refractivity contribution is 5.29. The third-order valence-electron chi connectivity index (χ3n) is 3.88. The van der Waals surface area contributed by atoms with Crippen LogP contribution in [-0.2, 0) is 4.74 Å². The first-order valence-corrected chi connectivity index (χ1v) is 7.64. The molecule has 0 bridgehead atoms. The maximum atomic E-state index is 5.93. The molecule has 1 aromatic carbocycles. The van der Waals surface area contributed by atoms with Gasteiger partial charge in [0.25, 0.3) is 0 Å². The van der Waals surface area contributed by atoms with Crippen LogP contribution >= 0.6 is 0 Å². The van der Waals surface area contributed by atoms with E-state index in [0.717, 1.165) is 25.1 Å². The molecule has 1 heterocycles. The molecule has 0 aromatic heterocycles. The summed E-state index contributed by atoms with van der Waals surface area (Å²) in [6.07, 6.45) is 2.42. The van der Waals surface area contributed by atoms with Crippen molar-refractivity contribution in [2.24, 2.45) is 0 Å². The second kappa shape index (κ2) is 6.59. The summed E-state index contributed by atoms with van der Waals surface area (Å²) in [5.74, 6) is 0.922. The molecule has 1 fully saturated rings. The number of hydrogen-bond acceptors (Lipinski definition) is 3. The van der Waals surface area contributed by atoms with Crippen LogP contribution in [-0.4, -0.2) is 24.9 Å². The molecule has 20 heavy (non-hydrogen) atoms. The van der Waals surface area contributed by atoms with Gasteiger partial charge in [0, 0.05) is 6.04 Å². The molecule has 0 amide bonds. The summed E-state index contributed by atoms with van der Waals surface area (Å²) >= 11 is 0. The van der Waals surface area contributed by atoms with Crippen LogP contribution in [0.3, 0.4) is 0 Å². The van der Waals surface area contributed by atoms with Crippen LogP contribution < -0.4 is 10.1 Å². The van der Waals surface area contributed by atoms with E-state index in [2.05, 4.69) is 45.1 Å². The third-order valence-corrected chi connectivity index (χ3v) is 3.88. The minimum absolute atomic E-state index is 0.0130. The topological polar surface area (TPSA) is 30.5 Å². The molecule has 1 aliphatic rings. The van der Waals surface area contributed by atoms with Gasteiger partial charge >= 0.3 is 0 Å². The lowest BCUT2D eigenvalue weighted by atomic mass is 10.1. The minimum Gasteiger partial charge on any atom is -0.491 e. The Morgan fingerprint density at radius 2 is 2.05 bits per heavy atom. The van der Waals surface area contributed by atoms with Crippen molar-refractivity contribution < 1.29 is 9.47 Å². The predicted molar refractivity (Wildman–Crippen MR) is 82.2 cm³/mol. The van der Waals surface area contributed by atoms with E-state index < -0.39 is 0 Å². The number of hydrogen-bond donors (Lipinski definition) is 1. The van der Waals surface area contributed by atoms with Gasteiger partial charge in [-0.25, -0.2) is 0 Å². The zero-order valence-electron chi connectivity index (χ0n) is 13.1. The Labute approximate surface area is 122 Å². The van der Waals surface area contributed by atoms with Gasteiger partial charge in [-0.2, -0.15) is 0 Å². The smallest absolute Gasteiger partial charge is 0.119 e. The van der Waals surface area contributed by atoms with Crippen LogP contribution in [0, 0.1) is 0 Å². The Morgan fingerprint density at radius 3 is 2.60 bits per heavy atom. The number of nitrogens with one attached hydrogen (secondary N) is 1. The van der Waals surface area contributed by atoms with E-state index in [4.69, 9.17) is 9.47 Å². The summed E-state index contributed by atoms with van der Waals surface area (Å²) in [6, 6.07) is 8.73. The lowest BCUT2D eigenvalue weighted by Crippen LogP contribution is -2.23. The second-order valence-electron chi connectivity index (χ2n) is 6.20. The van der Waals surface area contributed by atoms with E-state index in [0.29, 0.717) is 12.6 Å². The summed E-state index contributed by atoms with van der Waals surface area (Å²) < 4.78 is 11.8. The fraction of sp³-hybridized carbons (Fsp3) is 0.647. The van der Waals surface area contributed by atoms with Crippen LogP contribution in [0.25, 0.3) is 0 Å². The maximum absolute atomic E-state index is 5.93. The van der Waals surface area contributed by atoms with Gasteiger partial charge in [0.15, 0.2) is 0 Å². The largest absolute Gasteiger partial charge is 0.491 e. The van der Waals surface area contributed by atoms with Crippen LogP contribution in [0.2, 0.25) is 0 Å². The van der Waals surface area contributed by atoms with Gasteiger partial charge in [-0.3, -0.25) is 0 Å². The van der Waals surface area contributed by atoms with Crippen LogP contribution in [0.5, 0.6) is 5.75 Å². The molecular weight excluding hydrogens is 250 g/mol. The molecule has 1 aromatic rings. The fourth-order valence-electron chi connectivity index (χ4n) is 2.66. The van der Waals surface area contributed by atoms with Crippen molar-refractivity contribution in [3.8, 4) is 5.75 Å². The average molecular weight is 277 g/mol. The van der Waals surface area contributed by atoms with Crippen LogP contribution in [0.4, 0.5) is 0 Å². The molecule has 3 nitrogen and oxygen atoms in total. The molecule has 0 spiro atoms. The highest BCUT2D eigenvalue weighted by Gasteiger charge is 2.31. The standard InChI is InChI=1S/C17H27NO2/c1-5-18-13(2)14-6-8-15(9-7-14)19-12-16-10-11-17(3,4)20-16/h6-9,13,16,18H,5,10-12H2,1-4H3. The normalized spacial score (nSPS) is 22.7. The highest BCUT2D eigenvalue weighted by atomic mass is 16.6. The maximum Gasteiger partial charge on any atom is 0.119 e. The van der Waals surface area contributed by atoms with Crippen molar-refractivity contribution >= 4 is 0 Å². The Hall–Kier alpha value is -1.06. The molecule has 0 aliphatic carbocycles. The van der Waals surface area contributed by atoms with Gasteiger partial charge in [0.1, 0.15) is 12.4 Å². The first-order chi connectivity index (χ1) is 9.50. The van der Waals surface area contributed by atoms with Crippen molar-refractivity contribution in [2.45, 2.75) is 58.3 Å². The first kappa shape index (κ1) is 15.3. The summed E-state index contributed by atoms with van der Waals surface area (Å²) in [6.45, 7) is 10.2. The lowest BCUT2D eigenvalue weighted by Gasteiger charge is -2.19. The zero-order valence-corrected chi connectivity index (χ0v) is 13.1. The van der Waals surface area contributed by atoms with E-state index in [1.54, 1.807) is 0 Å². The van der Waals surface area contributed by atoms with E-state index in [9.17, 15) is 0 Å². The monoisotopic (exact) mass is 277 g/mol. The van der Waals surface area contributed by atoms with Crippen LogP contribution in [0.1, 0.15) is 52.1 Å². The lowest BCUT2D eigenvalue weighted by molar-refractivity contribution is -0.0326. The van der Waals surface area contributed by atoms with Crippen molar-refractivity contribution in [1.82, 2.24) is 5.32 Å². The van der Waals surface area contributed by atoms with E-state index in [-0.39, 0.29) is 11.7 Å². The second-order valence-corrected chi connectivity index (χ2v) is 6.20. The molecule has 1 aliphatic heterocycles. The SMILES string of the molecule is CCNC(C)c1ccc(OCC2CCC(C)(C)O2)cc1. The van der Waals surface area contributed by atoms with E-state index in [1.807, 2.05) is 12.1 Å². The molecule has 0 saturated carbocycles. The van der Waals surface area contributed by atoms with Gasteiger partial charge in [-0.05, 0) is 57.9 Å². The van der Waals surface area contributed by atoms with Crippen LogP contribution in [0.15, 0.2) is 24.3 Å². The molecular formula is C17H27NO2. The van der Waals surface area contributed by atoms with Crippen molar-refractivity contribution in [1.29, 1.82) is 0 Å². The van der Waals surface area contributed by atoms with E-state index >= 15 is 0 Å². The quantitative estimate of drug-likeness (QED) is 0.860. The van der Waals surface area contributed by atoms with Gasteiger partial charge in [-0.1, -0.05) is 19.1 Å². The molecule has 0 radical (unpaired) electrons. The Bertz CT molecular complexity index is 414. The first-order valence-electron chi connectivity index (χ1n) is 7.64. The number of benzene rings is 1. The molecule has 1 saturated heterocycles. The molecule has 2 rings (SSSR count). The predicted octanol–water partition coefficient (Wildman–Crippen LogP) is 3.69. The molecule has 1 N–H and O–H groups in total. The Balaban J connectivity index is 1.82. The Morgan fingerprint density at radius 1 is 1.35 bits per heavy atom. The molecule has 3 heteroatoms. The molecule has 2 unspecified atom stereocenters. The highest BCUT2D eigenvalue weighted by Crippen LogP contribution is 2.29.